The highest BCUT2D eigenvalue weighted by Gasteiger charge is 2.31. The molecule has 0 saturated carbocycles. The van der Waals surface area contributed by atoms with Crippen LogP contribution in [0.2, 0.25) is 0 Å². The molecule has 1 N–H and O–H groups in total. The highest BCUT2D eigenvalue weighted by molar-refractivity contribution is 5.86. The minimum absolute atomic E-state index is 0.247. The van der Waals surface area contributed by atoms with Crippen LogP contribution in [0.3, 0.4) is 0 Å². The van der Waals surface area contributed by atoms with Crippen LogP contribution in [-0.2, 0) is 4.79 Å². The van der Waals surface area contributed by atoms with Gasteiger partial charge < -0.3 is 10.2 Å². The molecule has 1 amide bonds. The highest BCUT2D eigenvalue weighted by Crippen LogP contribution is 2.32. The van der Waals surface area contributed by atoms with E-state index in [1.54, 1.807) is 0 Å². The fraction of sp³-hybridized carbons (Fsp3) is 0.500. The number of carbonyl (C=O) groups excluding carboxylic acids is 1. The van der Waals surface area contributed by atoms with Gasteiger partial charge in [-0.25, -0.2) is 0 Å². The van der Waals surface area contributed by atoms with Gasteiger partial charge in [0.25, 0.3) is 0 Å². The van der Waals surface area contributed by atoms with E-state index in [-0.39, 0.29) is 18.4 Å². The van der Waals surface area contributed by atoms with E-state index in [1.807, 2.05) is 24.3 Å². The van der Waals surface area contributed by atoms with Crippen molar-refractivity contribution in [2.24, 2.45) is 0 Å². The van der Waals surface area contributed by atoms with E-state index in [4.69, 9.17) is 0 Å². The van der Waals surface area contributed by atoms with Crippen LogP contribution in [0.1, 0.15) is 24.3 Å². The zero-order chi connectivity index (χ0) is 14.8. The molecule has 1 aliphatic rings. The molecule has 1 atom stereocenters. The van der Waals surface area contributed by atoms with Crippen molar-refractivity contribution in [3.63, 3.8) is 0 Å². The van der Waals surface area contributed by atoms with Crippen LogP contribution in [0.15, 0.2) is 24.3 Å². The first-order valence-corrected chi connectivity index (χ1v) is 6.53. The molecule has 1 heterocycles. The predicted octanol–water partition coefficient (Wildman–Crippen LogP) is 3.00. The lowest BCUT2D eigenvalue weighted by Gasteiger charge is -2.29. The van der Waals surface area contributed by atoms with Crippen LogP contribution in [-0.4, -0.2) is 37.1 Å². The number of benzene rings is 1. The lowest BCUT2D eigenvalue weighted by atomic mass is 9.90. The van der Waals surface area contributed by atoms with Gasteiger partial charge in [0.1, 0.15) is 0 Å². The Morgan fingerprint density at radius 1 is 1.40 bits per heavy atom. The Kier molecular flexibility index (Phi) is 4.20. The van der Waals surface area contributed by atoms with Crippen LogP contribution < -0.4 is 5.32 Å². The number of likely N-dealkylation sites (N-methyl/N-ethyl adjacent to an activating group) is 1. The van der Waals surface area contributed by atoms with Crippen LogP contribution in [0.4, 0.5) is 18.9 Å². The Bertz CT molecular complexity index is 488. The number of carbonyl (C=O) groups is 1. The third-order valence-electron chi connectivity index (χ3n) is 3.49. The fourth-order valence-electron chi connectivity index (χ4n) is 2.40. The van der Waals surface area contributed by atoms with Crippen molar-refractivity contribution < 1.29 is 18.0 Å². The van der Waals surface area contributed by atoms with Gasteiger partial charge in [0.15, 0.2) is 0 Å². The molecule has 0 saturated heterocycles. The normalized spacial score (nSPS) is 18.1. The molecule has 0 bridgehead atoms. The van der Waals surface area contributed by atoms with Crippen molar-refractivity contribution in [2.75, 3.05) is 25.5 Å². The fourth-order valence-corrected chi connectivity index (χ4v) is 2.40. The van der Waals surface area contributed by atoms with Crippen molar-refractivity contribution in [1.29, 1.82) is 0 Å². The second-order valence-corrected chi connectivity index (χ2v) is 4.98. The average Bonchev–Trinajstić information content (AvgIpc) is 2.42. The van der Waals surface area contributed by atoms with Gasteiger partial charge >= 0.3 is 6.18 Å². The summed E-state index contributed by atoms with van der Waals surface area (Å²) in [4.78, 5) is 13.5. The maximum absolute atomic E-state index is 12.3. The molecule has 3 nitrogen and oxygen atoms in total. The molecule has 6 heteroatoms. The summed E-state index contributed by atoms with van der Waals surface area (Å²) in [5.41, 5.74) is 1.75. The van der Waals surface area contributed by atoms with Crippen molar-refractivity contribution in [3.8, 4) is 0 Å². The maximum atomic E-state index is 12.3. The molecule has 0 aliphatic carbocycles. The Hall–Kier alpha value is -1.72. The Balaban J connectivity index is 2.07. The molecule has 0 radical (unpaired) electrons. The van der Waals surface area contributed by atoms with Gasteiger partial charge in [0.2, 0.25) is 5.91 Å². The summed E-state index contributed by atoms with van der Waals surface area (Å²) in [5, 5.41) is 3.19. The average molecular weight is 286 g/mol. The standard InChI is InChI=1S/C14H17F3N2O/c1-19(9-7-14(15,16)17)13(20)11-6-8-18-12-5-3-2-4-10(11)12/h2-5,11,18H,6-9H2,1H3. The molecule has 1 aromatic rings. The highest BCUT2D eigenvalue weighted by atomic mass is 19.4. The molecular formula is C14H17F3N2O. The largest absolute Gasteiger partial charge is 0.390 e. The van der Waals surface area contributed by atoms with Gasteiger partial charge in [0, 0.05) is 25.8 Å². The summed E-state index contributed by atoms with van der Waals surface area (Å²) in [6, 6.07) is 7.43. The van der Waals surface area contributed by atoms with E-state index in [1.165, 1.54) is 11.9 Å². The topological polar surface area (TPSA) is 32.3 Å². The zero-order valence-electron chi connectivity index (χ0n) is 11.2. The quantitative estimate of drug-likeness (QED) is 0.926. The molecule has 1 unspecified atom stereocenters. The van der Waals surface area contributed by atoms with Gasteiger partial charge in [-0.3, -0.25) is 4.79 Å². The van der Waals surface area contributed by atoms with E-state index in [0.29, 0.717) is 13.0 Å². The lowest BCUT2D eigenvalue weighted by molar-refractivity contribution is -0.144. The molecule has 110 valence electrons. The van der Waals surface area contributed by atoms with Gasteiger partial charge in [-0.2, -0.15) is 13.2 Å². The van der Waals surface area contributed by atoms with Crippen molar-refractivity contribution in [2.45, 2.75) is 24.9 Å². The van der Waals surface area contributed by atoms with E-state index in [9.17, 15) is 18.0 Å². The van der Waals surface area contributed by atoms with Crippen molar-refractivity contribution >= 4 is 11.6 Å². The number of fused-ring (bicyclic) bond motifs is 1. The summed E-state index contributed by atoms with van der Waals surface area (Å²) in [5.74, 6) is -0.603. The van der Waals surface area contributed by atoms with Gasteiger partial charge in [0.05, 0.1) is 12.3 Å². The molecule has 0 aromatic heterocycles. The number of halogens is 3. The number of nitrogens with one attached hydrogen (secondary N) is 1. The Morgan fingerprint density at radius 2 is 2.10 bits per heavy atom. The molecule has 20 heavy (non-hydrogen) atoms. The number of para-hydroxylation sites is 1. The number of nitrogens with zero attached hydrogens (tertiary/aromatic N) is 1. The lowest BCUT2D eigenvalue weighted by Crippen LogP contribution is -2.36. The molecule has 1 aromatic carbocycles. The van der Waals surface area contributed by atoms with E-state index >= 15 is 0 Å². The molecule has 0 spiro atoms. The molecule has 0 fully saturated rings. The van der Waals surface area contributed by atoms with E-state index < -0.39 is 12.6 Å². The maximum Gasteiger partial charge on any atom is 0.390 e. The monoisotopic (exact) mass is 286 g/mol. The molecule has 2 rings (SSSR count). The minimum Gasteiger partial charge on any atom is -0.385 e. The van der Waals surface area contributed by atoms with Crippen LogP contribution in [0.25, 0.3) is 0 Å². The van der Waals surface area contributed by atoms with Crippen molar-refractivity contribution in [1.82, 2.24) is 4.90 Å². The first kappa shape index (κ1) is 14.7. The summed E-state index contributed by atoms with van der Waals surface area (Å²) in [6.45, 7) is 0.356. The Labute approximate surface area is 115 Å². The van der Waals surface area contributed by atoms with Gasteiger partial charge in [-0.15, -0.1) is 0 Å². The number of hydrogen-bond donors (Lipinski definition) is 1. The Morgan fingerprint density at radius 3 is 2.80 bits per heavy atom. The van der Waals surface area contributed by atoms with Crippen LogP contribution in [0, 0.1) is 0 Å². The smallest absolute Gasteiger partial charge is 0.385 e. The number of anilines is 1. The zero-order valence-corrected chi connectivity index (χ0v) is 11.2. The second-order valence-electron chi connectivity index (χ2n) is 4.98. The SMILES string of the molecule is CN(CCC(F)(F)F)C(=O)C1CCNc2ccccc21. The predicted molar refractivity (Wildman–Crippen MR) is 70.6 cm³/mol. The second kappa shape index (κ2) is 5.73. The summed E-state index contributed by atoms with van der Waals surface area (Å²) in [6.07, 6.45) is -4.60. The van der Waals surface area contributed by atoms with Crippen LogP contribution in [0.5, 0.6) is 0 Å². The van der Waals surface area contributed by atoms with Crippen LogP contribution >= 0.6 is 0 Å². The third-order valence-corrected chi connectivity index (χ3v) is 3.49. The summed E-state index contributed by atoms with van der Waals surface area (Å²) < 4.78 is 36.6. The number of hydrogen-bond acceptors (Lipinski definition) is 2. The number of amides is 1. The van der Waals surface area contributed by atoms with Gasteiger partial charge in [-0.1, -0.05) is 18.2 Å². The summed E-state index contributed by atoms with van der Waals surface area (Å²) in [7, 11) is 1.43. The first-order valence-electron chi connectivity index (χ1n) is 6.53. The third kappa shape index (κ3) is 3.43. The first-order chi connectivity index (χ1) is 9.38. The number of alkyl halides is 3. The minimum atomic E-state index is -4.24. The molecule has 1 aliphatic heterocycles. The van der Waals surface area contributed by atoms with E-state index in [2.05, 4.69) is 5.32 Å². The van der Waals surface area contributed by atoms with Gasteiger partial charge in [-0.05, 0) is 18.1 Å². The summed E-state index contributed by atoms with van der Waals surface area (Å²) >= 11 is 0. The molecular weight excluding hydrogens is 269 g/mol. The van der Waals surface area contributed by atoms with Crippen molar-refractivity contribution in [3.05, 3.63) is 29.8 Å². The number of rotatable bonds is 3. The van der Waals surface area contributed by atoms with E-state index in [0.717, 1.165) is 11.3 Å².